The molecule has 9 atom stereocenters. The first-order chi connectivity index (χ1) is 14.7. The average molecular weight is 431 g/mol. The van der Waals surface area contributed by atoms with E-state index in [1.54, 1.807) is 6.92 Å². The maximum atomic E-state index is 12.1. The van der Waals surface area contributed by atoms with Crippen molar-refractivity contribution in [2.45, 2.75) is 125 Å². The monoisotopic (exact) mass is 430 g/mol. The molecule has 0 bridgehead atoms. The molecule has 0 amide bonds. The van der Waals surface area contributed by atoms with E-state index in [2.05, 4.69) is 34.6 Å². The van der Waals surface area contributed by atoms with Gasteiger partial charge in [-0.2, -0.15) is 0 Å². The summed E-state index contributed by atoms with van der Waals surface area (Å²) in [5.74, 6) is 5.37. The highest BCUT2D eigenvalue weighted by molar-refractivity contribution is 5.66. The van der Waals surface area contributed by atoms with Crippen molar-refractivity contribution in [2.75, 3.05) is 0 Å². The lowest BCUT2D eigenvalue weighted by molar-refractivity contribution is -0.189. The molecule has 4 aliphatic carbocycles. The Morgan fingerprint density at radius 2 is 1.68 bits per heavy atom. The molecule has 0 spiro atoms. The van der Waals surface area contributed by atoms with E-state index in [0.717, 1.165) is 41.9 Å². The first-order valence-corrected chi connectivity index (χ1v) is 13.8. The largest absolute Gasteiger partial charge is 0.462 e. The zero-order valence-corrected chi connectivity index (χ0v) is 21.4. The van der Waals surface area contributed by atoms with Crippen LogP contribution in [-0.2, 0) is 9.53 Å². The summed E-state index contributed by atoms with van der Waals surface area (Å²) < 4.78 is 6.16. The lowest BCUT2D eigenvalue weighted by Gasteiger charge is -2.62. The number of carbonyl (C=O) groups is 1. The maximum Gasteiger partial charge on any atom is 0.302 e. The van der Waals surface area contributed by atoms with Crippen LogP contribution in [0.15, 0.2) is 0 Å². The summed E-state index contributed by atoms with van der Waals surface area (Å²) in [6.45, 7) is 14.2. The van der Waals surface area contributed by atoms with Crippen LogP contribution in [0.25, 0.3) is 0 Å². The van der Waals surface area contributed by atoms with Crippen LogP contribution >= 0.6 is 0 Å². The number of hydrogen-bond acceptors (Lipinski definition) is 2. The number of carbonyl (C=O) groups excluding carboxylic acids is 1. The van der Waals surface area contributed by atoms with Gasteiger partial charge in [0.25, 0.3) is 0 Å². The third-order valence-corrected chi connectivity index (χ3v) is 11.1. The number of ether oxygens (including phenoxy) is 1. The molecule has 0 N–H and O–H groups in total. The van der Waals surface area contributed by atoms with Crippen molar-refractivity contribution in [3.63, 3.8) is 0 Å². The molecular formula is C29H50O2. The van der Waals surface area contributed by atoms with Gasteiger partial charge in [-0.15, -0.1) is 0 Å². The molecule has 0 aromatic rings. The maximum absolute atomic E-state index is 12.1. The van der Waals surface area contributed by atoms with E-state index in [9.17, 15) is 4.79 Å². The van der Waals surface area contributed by atoms with Crippen LogP contribution in [0.4, 0.5) is 0 Å². The number of hydrogen-bond donors (Lipinski definition) is 0. The van der Waals surface area contributed by atoms with Gasteiger partial charge in [0.15, 0.2) is 0 Å². The Labute approximate surface area is 192 Å². The third-order valence-electron chi connectivity index (χ3n) is 11.1. The summed E-state index contributed by atoms with van der Waals surface area (Å²) in [4.78, 5) is 12.1. The standard InChI is InChI=1S/C29H50O2/c1-19(2)10-9-11-20(3)23-13-14-24-27-25(15-17-29(23,24)6)28(5)16-8-7-12-22(28)18-26(27)31-21(4)30/h19-20,22-27H,7-18H2,1-6H3. The molecular weight excluding hydrogens is 380 g/mol. The molecule has 0 aliphatic heterocycles. The van der Waals surface area contributed by atoms with Crippen molar-refractivity contribution < 1.29 is 9.53 Å². The van der Waals surface area contributed by atoms with Crippen molar-refractivity contribution in [1.29, 1.82) is 0 Å². The minimum atomic E-state index is -0.0490. The minimum Gasteiger partial charge on any atom is -0.462 e. The van der Waals surface area contributed by atoms with E-state index in [4.69, 9.17) is 4.74 Å². The highest BCUT2D eigenvalue weighted by atomic mass is 16.5. The number of rotatable bonds is 6. The fraction of sp³-hybridized carbons (Fsp3) is 0.966. The number of esters is 1. The smallest absolute Gasteiger partial charge is 0.302 e. The Morgan fingerprint density at radius 3 is 2.39 bits per heavy atom. The van der Waals surface area contributed by atoms with E-state index in [0.29, 0.717) is 16.7 Å². The van der Waals surface area contributed by atoms with Gasteiger partial charge >= 0.3 is 5.97 Å². The predicted octanol–water partition coefficient (Wildman–Crippen LogP) is 8.04. The Balaban J connectivity index is 1.57. The molecule has 178 valence electrons. The highest BCUT2D eigenvalue weighted by Crippen LogP contribution is 2.68. The molecule has 4 rings (SSSR count). The molecule has 4 fully saturated rings. The van der Waals surface area contributed by atoms with Crippen LogP contribution in [0.5, 0.6) is 0 Å². The second-order valence-electron chi connectivity index (χ2n) is 13.2. The Bertz CT molecular complexity index is 641. The summed E-state index contributed by atoms with van der Waals surface area (Å²) in [6.07, 6.45) is 16.6. The van der Waals surface area contributed by atoms with Crippen molar-refractivity contribution in [1.82, 2.24) is 0 Å². The van der Waals surface area contributed by atoms with Crippen LogP contribution in [0.3, 0.4) is 0 Å². The van der Waals surface area contributed by atoms with Gasteiger partial charge in [0.1, 0.15) is 6.10 Å². The minimum absolute atomic E-state index is 0.0490. The molecule has 2 nitrogen and oxygen atoms in total. The summed E-state index contributed by atoms with van der Waals surface area (Å²) in [6, 6.07) is 0. The number of fused-ring (bicyclic) bond motifs is 5. The predicted molar refractivity (Wildman–Crippen MR) is 129 cm³/mol. The molecule has 0 aromatic carbocycles. The molecule has 4 saturated carbocycles. The first kappa shape index (κ1) is 23.6. The third kappa shape index (κ3) is 4.23. The van der Waals surface area contributed by atoms with Gasteiger partial charge in [-0.3, -0.25) is 4.79 Å². The second kappa shape index (κ2) is 9.02. The van der Waals surface area contributed by atoms with Crippen LogP contribution < -0.4 is 0 Å². The first-order valence-electron chi connectivity index (χ1n) is 13.8. The van der Waals surface area contributed by atoms with Gasteiger partial charge in [0.05, 0.1) is 0 Å². The van der Waals surface area contributed by atoms with Gasteiger partial charge in [0.2, 0.25) is 0 Å². The molecule has 0 heterocycles. The summed E-state index contributed by atoms with van der Waals surface area (Å²) in [7, 11) is 0. The molecule has 4 aliphatic rings. The zero-order chi connectivity index (χ0) is 22.4. The lowest BCUT2D eigenvalue weighted by Crippen LogP contribution is -2.58. The van der Waals surface area contributed by atoms with Gasteiger partial charge in [-0.25, -0.2) is 0 Å². The van der Waals surface area contributed by atoms with Gasteiger partial charge in [-0.1, -0.05) is 66.7 Å². The Kier molecular flexibility index (Phi) is 6.87. The van der Waals surface area contributed by atoms with Crippen molar-refractivity contribution in [2.24, 2.45) is 52.3 Å². The van der Waals surface area contributed by atoms with Crippen LogP contribution in [0.1, 0.15) is 119 Å². The molecule has 0 radical (unpaired) electrons. The van der Waals surface area contributed by atoms with E-state index in [-0.39, 0.29) is 12.1 Å². The molecule has 2 heteroatoms. The van der Waals surface area contributed by atoms with E-state index in [1.807, 2.05) is 0 Å². The quantitative estimate of drug-likeness (QED) is 0.398. The lowest BCUT2D eigenvalue weighted by atomic mass is 9.44. The topological polar surface area (TPSA) is 26.3 Å². The Hall–Kier alpha value is -0.530. The second-order valence-corrected chi connectivity index (χ2v) is 13.2. The van der Waals surface area contributed by atoms with Gasteiger partial charge in [0, 0.05) is 12.8 Å². The molecule has 31 heavy (non-hydrogen) atoms. The van der Waals surface area contributed by atoms with Crippen LogP contribution in [0, 0.1) is 52.3 Å². The fourth-order valence-electron chi connectivity index (χ4n) is 9.59. The van der Waals surface area contributed by atoms with Crippen LogP contribution in [0.2, 0.25) is 0 Å². The summed E-state index contributed by atoms with van der Waals surface area (Å²) in [5.41, 5.74) is 0.941. The Morgan fingerprint density at radius 1 is 0.935 bits per heavy atom. The van der Waals surface area contributed by atoms with Crippen molar-refractivity contribution in [3.05, 3.63) is 0 Å². The fourth-order valence-corrected chi connectivity index (χ4v) is 9.59. The van der Waals surface area contributed by atoms with E-state index < -0.39 is 0 Å². The van der Waals surface area contributed by atoms with Crippen molar-refractivity contribution >= 4 is 5.97 Å². The van der Waals surface area contributed by atoms with Gasteiger partial charge < -0.3 is 4.74 Å². The summed E-state index contributed by atoms with van der Waals surface area (Å²) >= 11 is 0. The average Bonchev–Trinajstić information content (AvgIpc) is 3.04. The summed E-state index contributed by atoms with van der Waals surface area (Å²) in [5, 5.41) is 0. The van der Waals surface area contributed by atoms with Crippen molar-refractivity contribution in [3.8, 4) is 0 Å². The van der Waals surface area contributed by atoms with E-state index >= 15 is 0 Å². The van der Waals surface area contributed by atoms with E-state index in [1.165, 1.54) is 70.6 Å². The van der Waals surface area contributed by atoms with Crippen LogP contribution in [-0.4, -0.2) is 12.1 Å². The zero-order valence-electron chi connectivity index (χ0n) is 21.4. The highest BCUT2D eigenvalue weighted by Gasteiger charge is 2.63. The normalized spacial score (nSPS) is 45.5. The molecule has 0 aromatic heterocycles. The van der Waals surface area contributed by atoms with Gasteiger partial charge in [-0.05, 0) is 91.3 Å². The SMILES string of the molecule is CC(=O)OC1CC2CCCCC2(C)C2CCC3(C)C(C(C)CCCC(C)C)CCC3C12. The molecule has 0 saturated heterocycles. The molecule has 9 unspecified atom stereocenters.